The Labute approximate surface area is 205 Å². The Balaban J connectivity index is 1.33. The van der Waals surface area contributed by atoms with Crippen LogP contribution in [-0.4, -0.2) is 51.0 Å². The molecule has 0 spiro atoms. The number of pyridine rings is 2. The van der Waals surface area contributed by atoms with Gasteiger partial charge in [0.05, 0.1) is 11.1 Å². The minimum Gasteiger partial charge on any atom is -0.486 e. The maximum atomic E-state index is 12.6. The average molecular weight is 473 g/mol. The van der Waals surface area contributed by atoms with Crippen molar-refractivity contribution in [2.75, 3.05) is 26.2 Å². The minimum absolute atomic E-state index is 0.158. The molecule has 4 heterocycles. The molecular formula is C27H32N6O2. The molecule has 0 aliphatic carbocycles. The van der Waals surface area contributed by atoms with E-state index in [2.05, 4.69) is 43.3 Å². The van der Waals surface area contributed by atoms with Gasteiger partial charge in [-0.1, -0.05) is 31.4 Å². The van der Waals surface area contributed by atoms with Gasteiger partial charge in [0.25, 0.3) is 5.56 Å². The number of piperidine rings is 1. The normalized spacial score (nSPS) is 15.3. The van der Waals surface area contributed by atoms with Crippen molar-refractivity contribution >= 4 is 10.9 Å². The minimum atomic E-state index is -0.191. The number of H-pyrrole nitrogens is 1. The van der Waals surface area contributed by atoms with E-state index >= 15 is 0 Å². The molecule has 3 aromatic heterocycles. The second-order valence-corrected chi connectivity index (χ2v) is 8.67. The molecule has 1 saturated heterocycles. The van der Waals surface area contributed by atoms with E-state index in [1.54, 1.807) is 36.8 Å². The fraction of sp³-hybridized carbons (Fsp3) is 0.333. The number of aromatic nitrogens is 4. The van der Waals surface area contributed by atoms with Crippen molar-refractivity contribution in [1.29, 1.82) is 0 Å². The second-order valence-electron chi connectivity index (χ2n) is 8.67. The van der Waals surface area contributed by atoms with Gasteiger partial charge in [0.15, 0.2) is 0 Å². The number of ether oxygens (including phenoxy) is 1. The van der Waals surface area contributed by atoms with Crippen LogP contribution in [0.5, 0.6) is 5.75 Å². The zero-order valence-corrected chi connectivity index (χ0v) is 19.9. The number of rotatable bonds is 11. The van der Waals surface area contributed by atoms with E-state index in [-0.39, 0.29) is 12.2 Å². The van der Waals surface area contributed by atoms with E-state index in [1.807, 2.05) is 18.2 Å². The third-order valence-corrected chi connectivity index (χ3v) is 6.21. The summed E-state index contributed by atoms with van der Waals surface area (Å²) in [6, 6.07) is 5.22. The first-order valence-electron chi connectivity index (χ1n) is 11.9. The Hall–Kier alpha value is -3.62. The van der Waals surface area contributed by atoms with Crippen LogP contribution in [0.1, 0.15) is 24.4 Å². The predicted molar refractivity (Wildman–Crippen MR) is 138 cm³/mol. The predicted octanol–water partition coefficient (Wildman–Crippen LogP) is 3.39. The van der Waals surface area contributed by atoms with Crippen molar-refractivity contribution in [3.05, 3.63) is 95.6 Å². The summed E-state index contributed by atoms with van der Waals surface area (Å²) in [6.07, 6.45) is 13.0. The standard InChI is InChI=1S/C27H32N6O2/c1-3-5-20(4-2)18-33-14-9-21(10-15-33)16-29-17-24-26-23(8-13-30-24)27(34)32-25(31-26)19-35-22-6-11-28-12-7-22/h3-8,11-13,21,29H,1-2,9-10,14-19H2,(H,31,32,34)/b20-5+. The van der Waals surface area contributed by atoms with Gasteiger partial charge in [0.2, 0.25) is 0 Å². The lowest BCUT2D eigenvalue weighted by Crippen LogP contribution is -2.38. The zero-order valence-electron chi connectivity index (χ0n) is 19.9. The molecule has 0 amide bonds. The van der Waals surface area contributed by atoms with Gasteiger partial charge in [0.1, 0.15) is 23.7 Å². The smallest absolute Gasteiger partial charge is 0.258 e. The van der Waals surface area contributed by atoms with Gasteiger partial charge in [-0.3, -0.25) is 19.7 Å². The maximum Gasteiger partial charge on any atom is 0.258 e. The van der Waals surface area contributed by atoms with Gasteiger partial charge < -0.3 is 15.0 Å². The number of likely N-dealkylation sites (tertiary alicyclic amines) is 1. The number of aromatic amines is 1. The summed E-state index contributed by atoms with van der Waals surface area (Å²) < 4.78 is 5.72. The average Bonchev–Trinajstić information content (AvgIpc) is 2.89. The van der Waals surface area contributed by atoms with Crippen LogP contribution in [-0.2, 0) is 13.2 Å². The lowest BCUT2D eigenvalue weighted by molar-refractivity contribution is 0.195. The highest BCUT2D eigenvalue weighted by Crippen LogP contribution is 2.18. The van der Waals surface area contributed by atoms with E-state index in [0.29, 0.717) is 34.9 Å². The Kier molecular flexibility index (Phi) is 8.53. The molecule has 1 aliphatic rings. The summed E-state index contributed by atoms with van der Waals surface area (Å²) in [5, 5.41) is 4.07. The topological polar surface area (TPSA) is 96.0 Å². The maximum absolute atomic E-state index is 12.6. The molecule has 0 bridgehead atoms. The van der Waals surface area contributed by atoms with Crippen molar-refractivity contribution in [2.45, 2.75) is 26.0 Å². The molecule has 0 radical (unpaired) electrons. The van der Waals surface area contributed by atoms with Crippen LogP contribution in [0.15, 0.2) is 78.5 Å². The molecule has 35 heavy (non-hydrogen) atoms. The van der Waals surface area contributed by atoms with E-state index < -0.39 is 0 Å². The molecule has 2 N–H and O–H groups in total. The summed E-state index contributed by atoms with van der Waals surface area (Å²) in [5.41, 5.74) is 2.38. The van der Waals surface area contributed by atoms with E-state index in [0.717, 1.165) is 44.7 Å². The molecular weight excluding hydrogens is 440 g/mol. The van der Waals surface area contributed by atoms with Gasteiger partial charge in [0, 0.05) is 31.7 Å². The summed E-state index contributed by atoms with van der Waals surface area (Å²) in [6.45, 7) is 12.3. The monoisotopic (exact) mass is 472 g/mol. The van der Waals surface area contributed by atoms with Crippen molar-refractivity contribution in [1.82, 2.24) is 30.2 Å². The highest BCUT2D eigenvalue weighted by Gasteiger charge is 2.19. The Morgan fingerprint density at radius 3 is 2.74 bits per heavy atom. The molecule has 3 aromatic rings. The van der Waals surface area contributed by atoms with E-state index in [9.17, 15) is 4.79 Å². The van der Waals surface area contributed by atoms with E-state index in [4.69, 9.17) is 4.74 Å². The van der Waals surface area contributed by atoms with Crippen LogP contribution in [0.4, 0.5) is 0 Å². The Bertz CT molecular complexity index is 1230. The number of hydrogen-bond donors (Lipinski definition) is 2. The molecule has 182 valence electrons. The quantitative estimate of drug-likeness (QED) is 0.413. The van der Waals surface area contributed by atoms with Crippen molar-refractivity contribution in [2.24, 2.45) is 5.92 Å². The van der Waals surface area contributed by atoms with E-state index in [1.165, 1.54) is 5.57 Å². The van der Waals surface area contributed by atoms with Crippen LogP contribution in [0.2, 0.25) is 0 Å². The molecule has 0 atom stereocenters. The Morgan fingerprint density at radius 2 is 2.00 bits per heavy atom. The largest absolute Gasteiger partial charge is 0.486 e. The molecule has 8 heteroatoms. The van der Waals surface area contributed by atoms with Crippen molar-refractivity contribution in [3.63, 3.8) is 0 Å². The van der Waals surface area contributed by atoms with Crippen LogP contribution in [0.25, 0.3) is 10.9 Å². The number of nitrogens with zero attached hydrogens (tertiary/aromatic N) is 4. The fourth-order valence-corrected chi connectivity index (χ4v) is 4.29. The SMILES string of the molecule is C=C/C=C(\C=C)CN1CCC(CNCc2nccc3c(=O)[nH]c(COc4ccncc4)nc23)CC1. The fourth-order valence-electron chi connectivity index (χ4n) is 4.29. The summed E-state index contributed by atoms with van der Waals surface area (Å²) >= 11 is 0. The first-order chi connectivity index (χ1) is 17.2. The molecule has 0 unspecified atom stereocenters. The lowest BCUT2D eigenvalue weighted by atomic mass is 9.96. The number of hydrogen-bond acceptors (Lipinski definition) is 7. The van der Waals surface area contributed by atoms with Gasteiger partial charge in [-0.25, -0.2) is 4.98 Å². The Morgan fingerprint density at radius 1 is 1.20 bits per heavy atom. The van der Waals surface area contributed by atoms with Gasteiger partial charge >= 0.3 is 0 Å². The van der Waals surface area contributed by atoms with Crippen molar-refractivity contribution < 1.29 is 4.74 Å². The molecule has 1 fully saturated rings. The van der Waals surface area contributed by atoms with Gasteiger partial charge in [-0.15, -0.1) is 0 Å². The molecule has 0 saturated carbocycles. The van der Waals surface area contributed by atoms with Gasteiger partial charge in [-0.05, 0) is 62.2 Å². The first kappa shape index (κ1) is 24.5. The number of nitrogens with one attached hydrogen (secondary N) is 2. The molecule has 4 rings (SSSR count). The highest BCUT2D eigenvalue weighted by molar-refractivity contribution is 5.79. The second kappa shape index (κ2) is 12.2. The highest BCUT2D eigenvalue weighted by atomic mass is 16.5. The zero-order chi connectivity index (χ0) is 24.5. The lowest BCUT2D eigenvalue weighted by Gasteiger charge is -2.32. The molecule has 1 aliphatic heterocycles. The molecule has 0 aromatic carbocycles. The first-order valence-corrected chi connectivity index (χ1v) is 11.9. The van der Waals surface area contributed by atoms with Gasteiger partial charge in [-0.2, -0.15) is 0 Å². The van der Waals surface area contributed by atoms with Crippen LogP contribution < -0.4 is 15.6 Å². The third kappa shape index (κ3) is 6.71. The number of allylic oxidation sites excluding steroid dienone is 2. The molecule has 8 nitrogen and oxygen atoms in total. The summed E-state index contributed by atoms with van der Waals surface area (Å²) in [4.78, 5) is 31.0. The van der Waals surface area contributed by atoms with Crippen molar-refractivity contribution in [3.8, 4) is 5.75 Å². The van der Waals surface area contributed by atoms with Crippen LogP contribution >= 0.6 is 0 Å². The third-order valence-electron chi connectivity index (χ3n) is 6.21. The summed E-state index contributed by atoms with van der Waals surface area (Å²) in [7, 11) is 0. The summed E-state index contributed by atoms with van der Waals surface area (Å²) in [5.74, 6) is 1.74. The van der Waals surface area contributed by atoms with Crippen LogP contribution in [0, 0.1) is 5.92 Å². The number of fused-ring (bicyclic) bond motifs is 1. The van der Waals surface area contributed by atoms with Crippen LogP contribution in [0.3, 0.4) is 0 Å².